The molecule has 0 bridgehead atoms. The fourth-order valence-electron chi connectivity index (χ4n) is 3.79. The molecular weight excluding hydrogens is 350 g/mol. The number of hydrogen-bond acceptors (Lipinski definition) is 5. The Morgan fingerprint density at radius 1 is 1.30 bits per heavy atom. The number of nitrogens with one attached hydrogen (secondary N) is 2. The van der Waals surface area contributed by atoms with Gasteiger partial charge in [-0.05, 0) is 30.5 Å². The summed E-state index contributed by atoms with van der Waals surface area (Å²) in [6.45, 7) is 1.63. The van der Waals surface area contributed by atoms with E-state index in [1.54, 1.807) is 29.2 Å². The molecule has 0 aromatic heterocycles. The zero-order valence-electron chi connectivity index (χ0n) is 15.0. The van der Waals surface area contributed by atoms with E-state index in [0.29, 0.717) is 29.9 Å². The van der Waals surface area contributed by atoms with Crippen molar-refractivity contribution >= 4 is 17.9 Å². The molecule has 4 rings (SSSR count). The van der Waals surface area contributed by atoms with Gasteiger partial charge in [0.25, 0.3) is 5.91 Å². The van der Waals surface area contributed by atoms with Crippen molar-refractivity contribution < 1.29 is 23.9 Å². The van der Waals surface area contributed by atoms with Gasteiger partial charge in [-0.15, -0.1) is 0 Å². The second-order valence-electron chi connectivity index (χ2n) is 6.86. The van der Waals surface area contributed by atoms with E-state index < -0.39 is 12.0 Å². The first-order chi connectivity index (χ1) is 13.1. The Morgan fingerprint density at radius 2 is 2.07 bits per heavy atom. The zero-order chi connectivity index (χ0) is 19.0. The van der Waals surface area contributed by atoms with Crippen LogP contribution >= 0.6 is 0 Å². The van der Waals surface area contributed by atoms with Crippen LogP contribution in [0.1, 0.15) is 34.8 Å². The van der Waals surface area contributed by atoms with E-state index in [2.05, 4.69) is 10.6 Å². The van der Waals surface area contributed by atoms with E-state index in [4.69, 9.17) is 9.47 Å². The van der Waals surface area contributed by atoms with Gasteiger partial charge in [0, 0.05) is 13.2 Å². The lowest BCUT2D eigenvalue weighted by Gasteiger charge is -2.25. The van der Waals surface area contributed by atoms with Crippen LogP contribution in [-0.4, -0.2) is 55.7 Å². The quantitative estimate of drug-likeness (QED) is 0.773. The third-order valence-electron chi connectivity index (χ3n) is 5.13. The van der Waals surface area contributed by atoms with Crippen molar-refractivity contribution in [3.05, 3.63) is 46.7 Å². The van der Waals surface area contributed by atoms with Gasteiger partial charge in [0.15, 0.2) is 0 Å². The molecule has 1 aromatic carbocycles. The molecule has 2 N–H and O–H groups in total. The predicted octanol–water partition coefficient (Wildman–Crippen LogP) is 1.10. The molecular formula is C19H21N3O5. The van der Waals surface area contributed by atoms with Crippen molar-refractivity contribution in [1.82, 2.24) is 15.5 Å². The minimum Gasteiger partial charge on any atom is -0.465 e. The Morgan fingerprint density at radius 3 is 2.74 bits per heavy atom. The van der Waals surface area contributed by atoms with Gasteiger partial charge in [-0.3, -0.25) is 4.79 Å². The Hall–Kier alpha value is -2.87. The van der Waals surface area contributed by atoms with Crippen molar-refractivity contribution in [1.29, 1.82) is 0 Å². The van der Waals surface area contributed by atoms with Crippen molar-refractivity contribution in [3.8, 4) is 0 Å². The van der Waals surface area contributed by atoms with E-state index in [1.165, 1.54) is 7.11 Å². The first kappa shape index (κ1) is 17.5. The van der Waals surface area contributed by atoms with Gasteiger partial charge in [0.05, 0.1) is 42.6 Å². The van der Waals surface area contributed by atoms with Crippen molar-refractivity contribution in [3.63, 3.8) is 0 Å². The number of urea groups is 1. The molecule has 1 fully saturated rings. The van der Waals surface area contributed by atoms with E-state index in [1.807, 2.05) is 0 Å². The van der Waals surface area contributed by atoms with E-state index >= 15 is 0 Å². The molecule has 2 atom stereocenters. The van der Waals surface area contributed by atoms with Crippen LogP contribution in [0.3, 0.4) is 0 Å². The predicted molar refractivity (Wildman–Crippen MR) is 94.8 cm³/mol. The minimum atomic E-state index is -0.553. The maximum Gasteiger partial charge on any atom is 0.337 e. The number of amides is 3. The monoisotopic (exact) mass is 371 g/mol. The first-order valence-corrected chi connectivity index (χ1v) is 8.96. The van der Waals surface area contributed by atoms with Gasteiger partial charge in [-0.25, -0.2) is 9.59 Å². The van der Waals surface area contributed by atoms with Crippen molar-refractivity contribution in [2.45, 2.75) is 25.0 Å². The molecule has 3 aliphatic heterocycles. The Bertz CT molecular complexity index is 811. The van der Waals surface area contributed by atoms with Crippen molar-refractivity contribution in [2.75, 3.05) is 26.8 Å². The summed E-state index contributed by atoms with van der Waals surface area (Å²) in [7, 11) is 1.32. The standard InChI is InChI=1S/C19H21N3O5/c1-26-18(24)12-6-4-11(5-7-12)16-15-14(20-19(25)21-16)10-22(17(15)23)9-13-3-2-8-27-13/h4-7,13,16H,2-3,8-10H2,1H3,(H2,20,21,25)/t13-,16-/m0/s1. The van der Waals surface area contributed by atoms with E-state index in [9.17, 15) is 14.4 Å². The van der Waals surface area contributed by atoms with E-state index in [-0.39, 0.29) is 18.0 Å². The van der Waals surface area contributed by atoms with Gasteiger partial charge in [-0.1, -0.05) is 12.1 Å². The minimum absolute atomic E-state index is 0.0525. The molecule has 0 aliphatic carbocycles. The third-order valence-corrected chi connectivity index (χ3v) is 5.13. The normalized spacial score (nSPS) is 24.6. The Kier molecular flexibility index (Phi) is 4.57. The molecule has 8 nitrogen and oxygen atoms in total. The summed E-state index contributed by atoms with van der Waals surface area (Å²) in [5.41, 5.74) is 2.31. The average Bonchev–Trinajstić information content (AvgIpc) is 3.29. The second kappa shape index (κ2) is 7.03. The summed E-state index contributed by atoms with van der Waals surface area (Å²) < 4.78 is 10.3. The average molecular weight is 371 g/mol. The number of nitrogens with zero attached hydrogens (tertiary/aromatic N) is 1. The molecule has 3 aliphatic rings. The number of carbonyl (C=O) groups excluding carboxylic acids is 3. The largest absolute Gasteiger partial charge is 0.465 e. The lowest BCUT2D eigenvalue weighted by Crippen LogP contribution is -2.44. The summed E-state index contributed by atoms with van der Waals surface area (Å²) in [4.78, 5) is 38.4. The van der Waals surface area contributed by atoms with Crippen LogP contribution in [0.15, 0.2) is 35.5 Å². The second-order valence-corrected chi connectivity index (χ2v) is 6.86. The third kappa shape index (κ3) is 3.28. The van der Waals surface area contributed by atoms with Gasteiger partial charge >= 0.3 is 12.0 Å². The summed E-state index contributed by atoms with van der Waals surface area (Å²) in [5.74, 6) is -0.537. The zero-order valence-corrected chi connectivity index (χ0v) is 15.0. The molecule has 0 unspecified atom stereocenters. The Balaban J connectivity index is 1.57. The first-order valence-electron chi connectivity index (χ1n) is 8.96. The van der Waals surface area contributed by atoms with Crippen LogP contribution in [0.25, 0.3) is 0 Å². The Labute approximate surface area is 156 Å². The van der Waals surface area contributed by atoms with Crippen LogP contribution in [0.4, 0.5) is 4.79 Å². The number of carbonyl (C=O) groups is 3. The van der Waals surface area contributed by atoms with Gasteiger partial charge in [0.2, 0.25) is 0 Å². The maximum atomic E-state index is 13.0. The van der Waals surface area contributed by atoms with E-state index in [0.717, 1.165) is 25.0 Å². The van der Waals surface area contributed by atoms with Crippen LogP contribution < -0.4 is 10.6 Å². The number of benzene rings is 1. The molecule has 0 spiro atoms. The maximum absolute atomic E-state index is 13.0. The summed E-state index contributed by atoms with van der Waals surface area (Å²) in [5, 5.41) is 5.56. The fourth-order valence-corrected chi connectivity index (χ4v) is 3.79. The van der Waals surface area contributed by atoms with Crippen LogP contribution in [0, 0.1) is 0 Å². The van der Waals surface area contributed by atoms with Crippen molar-refractivity contribution in [2.24, 2.45) is 0 Å². The molecule has 1 aromatic rings. The molecule has 142 valence electrons. The number of methoxy groups -OCH3 is 1. The highest BCUT2D eigenvalue weighted by atomic mass is 16.5. The molecule has 3 amide bonds. The number of ether oxygens (including phenoxy) is 2. The lowest BCUT2D eigenvalue weighted by molar-refractivity contribution is -0.127. The number of esters is 1. The summed E-state index contributed by atoms with van der Waals surface area (Å²) >= 11 is 0. The highest BCUT2D eigenvalue weighted by Crippen LogP contribution is 2.33. The van der Waals surface area contributed by atoms with Gasteiger partial charge in [0.1, 0.15) is 0 Å². The SMILES string of the molecule is COC(=O)c1ccc([C@@H]2NC(=O)NC3=C2C(=O)N(C[C@@H]2CCCO2)C3)cc1. The smallest absolute Gasteiger partial charge is 0.337 e. The molecule has 3 heterocycles. The highest BCUT2D eigenvalue weighted by molar-refractivity contribution is 6.01. The highest BCUT2D eigenvalue weighted by Gasteiger charge is 2.41. The van der Waals surface area contributed by atoms with Crippen LogP contribution in [0.5, 0.6) is 0 Å². The van der Waals surface area contributed by atoms with Crippen LogP contribution in [0.2, 0.25) is 0 Å². The molecule has 0 radical (unpaired) electrons. The fraction of sp³-hybridized carbons (Fsp3) is 0.421. The molecule has 1 saturated heterocycles. The molecule has 0 saturated carbocycles. The van der Waals surface area contributed by atoms with Crippen LogP contribution in [-0.2, 0) is 14.3 Å². The summed E-state index contributed by atoms with van der Waals surface area (Å²) in [6.07, 6.45) is 2.00. The topological polar surface area (TPSA) is 97.0 Å². The number of rotatable bonds is 4. The molecule has 8 heteroatoms. The van der Waals surface area contributed by atoms with Gasteiger partial charge < -0.3 is 25.0 Å². The van der Waals surface area contributed by atoms with Gasteiger partial charge in [-0.2, -0.15) is 0 Å². The number of hydrogen-bond donors (Lipinski definition) is 2. The summed E-state index contributed by atoms with van der Waals surface area (Å²) in [6, 6.07) is 5.80. The molecule has 27 heavy (non-hydrogen) atoms. The lowest BCUT2D eigenvalue weighted by atomic mass is 9.95.